The fraction of sp³-hybridized carbons (Fsp3) is 0.625. The molecule has 0 saturated carbocycles. The number of allylic oxidation sites excluding steroid dienone is 2. The summed E-state index contributed by atoms with van der Waals surface area (Å²) in [4.78, 5) is 0. The molecule has 0 aliphatic heterocycles. The zero-order valence-corrected chi connectivity index (χ0v) is 5.85. The van der Waals surface area contributed by atoms with E-state index >= 15 is 0 Å². The van der Waals surface area contributed by atoms with Crippen LogP contribution in [0.4, 0.5) is 0 Å². The third kappa shape index (κ3) is 5.74. The molecule has 0 rings (SSSR count). The minimum absolute atomic E-state index is 1.21. The molecule has 0 saturated heterocycles. The lowest BCUT2D eigenvalue weighted by atomic mass is 10.2. The van der Waals surface area contributed by atoms with Crippen molar-refractivity contribution in [2.45, 2.75) is 33.1 Å². The van der Waals surface area contributed by atoms with E-state index < -0.39 is 0 Å². The van der Waals surface area contributed by atoms with Gasteiger partial charge in [-0.1, -0.05) is 25.5 Å². The first-order valence-electron chi connectivity index (χ1n) is 3.34. The van der Waals surface area contributed by atoms with E-state index in [-0.39, 0.29) is 0 Å². The second kappa shape index (κ2) is 6.74. The predicted octanol–water partition coefficient (Wildman–Crippen LogP) is 2.96. The SMILES string of the molecule is CC=CCC[CH]CC. The minimum atomic E-state index is 1.21. The smallest absolute Gasteiger partial charge is 0.0348 e. The lowest BCUT2D eigenvalue weighted by Crippen LogP contribution is -1.70. The fourth-order valence-electron chi connectivity index (χ4n) is 0.585. The largest absolute Gasteiger partial charge is 0.0917 e. The van der Waals surface area contributed by atoms with E-state index in [1.165, 1.54) is 19.3 Å². The molecule has 0 unspecified atom stereocenters. The molecule has 0 heterocycles. The van der Waals surface area contributed by atoms with E-state index in [2.05, 4.69) is 32.4 Å². The van der Waals surface area contributed by atoms with Crippen LogP contribution in [0.1, 0.15) is 33.1 Å². The monoisotopic (exact) mass is 111 g/mol. The van der Waals surface area contributed by atoms with Crippen LogP contribution in [0.25, 0.3) is 0 Å². The normalized spacial score (nSPS) is 10.8. The third-order valence-corrected chi connectivity index (χ3v) is 1.06. The predicted molar refractivity (Wildman–Crippen MR) is 38.6 cm³/mol. The molecule has 47 valence electrons. The zero-order chi connectivity index (χ0) is 6.24. The molecule has 0 aliphatic rings. The molecule has 0 spiro atoms. The Balaban J connectivity index is 2.72. The average molecular weight is 111 g/mol. The fourth-order valence-corrected chi connectivity index (χ4v) is 0.585. The summed E-state index contributed by atoms with van der Waals surface area (Å²) in [5.41, 5.74) is 0. The Kier molecular flexibility index (Phi) is 6.52. The molecule has 0 aromatic heterocycles. The summed E-state index contributed by atoms with van der Waals surface area (Å²) < 4.78 is 0. The van der Waals surface area contributed by atoms with Gasteiger partial charge in [0, 0.05) is 0 Å². The molecule has 8 heavy (non-hydrogen) atoms. The van der Waals surface area contributed by atoms with Crippen molar-refractivity contribution in [3.63, 3.8) is 0 Å². The lowest BCUT2D eigenvalue weighted by Gasteiger charge is -1.88. The Labute approximate surface area is 52.6 Å². The van der Waals surface area contributed by atoms with Crippen molar-refractivity contribution < 1.29 is 0 Å². The van der Waals surface area contributed by atoms with E-state index in [1.807, 2.05) is 0 Å². The summed E-state index contributed by atoms with van der Waals surface area (Å²) in [5, 5.41) is 0. The van der Waals surface area contributed by atoms with Crippen molar-refractivity contribution in [2.24, 2.45) is 0 Å². The van der Waals surface area contributed by atoms with Crippen LogP contribution in [0.2, 0.25) is 0 Å². The maximum absolute atomic E-state index is 2.31. The molecule has 0 aromatic rings. The van der Waals surface area contributed by atoms with Crippen molar-refractivity contribution in [3.8, 4) is 0 Å². The summed E-state index contributed by atoms with van der Waals surface area (Å²) in [6.45, 7) is 4.24. The number of rotatable bonds is 4. The number of hydrogen-bond donors (Lipinski definition) is 0. The zero-order valence-electron chi connectivity index (χ0n) is 5.85. The first-order chi connectivity index (χ1) is 3.91. The molecule has 0 N–H and O–H groups in total. The molecule has 0 aliphatic carbocycles. The molecule has 0 aromatic carbocycles. The Morgan fingerprint density at radius 2 is 2.00 bits per heavy atom. The van der Waals surface area contributed by atoms with E-state index in [9.17, 15) is 0 Å². The molecule has 0 atom stereocenters. The van der Waals surface area contributed by atoms with Crippen molar-refractivity contribution in [1.82, 2.24) is 0 Å². The van der Waals surface area contributed by atoms with Crippen LogP contribution in [-0.2, 0) is 0 Å². The summed E-state index contributed by atoms with van der Waals surface area (Å²) in [5.74, 6) is 0. The van der Waals surface area contributed by atoms with Crippen LogP contribution < -0.4 is 0 Å². The number of hydrogen-bond acceptors (Lipinski definition) is 0. The van der Waals surface area contributed by atoms with Crippen LogP contribution >= 0.6 is 0 Å². The molecule has 0 amide bonds. The van der Waals surface area contributed by atoms with Gasteiger partial charge in [0.2, 0.25) is 0 Å². The van der Waals surface area contributed by atoms with Gasteiger partial charge in [-0.2, -0.15) is 0 Å². The van der Waals surface area contributed by atoms with E-state index in [0.717, 1.165) is 0 Å². The van der Waals surface area contributed by atoms with E-state index in [1.54, 1.807) is 0 Å². The highest BCUT2D eigenvalue weighted by molar-refractivity contribution is 4.79. The molecular formula is C8H15. The lowest BCUT2D eigenvalue weighted by molar-refractivity contribution is 0.900. The Bertz CT molecular complexity index is 53.1. The molecule has 0 fully saturated rings. The Hall–Kier alpha value is -0.260. The molecular weight excluding hydrogens is 96.1 g/mol. The summed E-state index contributed by atoms with van der Waals surface area (Å²) >= 11 is 0. The first-order valence-corrected chi connectivity index (χ1v) is 3.34. The average Bonchev–Trinajstić information content (AvgIpc) is 1.81. The third-order valence-electron chi connectivity index (χ3n) is 1.06. The van der Waals surface area contributed by atoms with Gasteiger partial charge >= 0.3 is 0 Å². The van der Waals surface area contributed by atoms with Crippen LogP contribution in [0.5, 0.6) is 0 Å². The highest BCUT2D eigenvalue weighted by Gasteiger charge is 1.79. The van der Waals surface area contributed by atoms with Crippen molar-refractivity contribution in [1.29, 1.82) is 0 Å². The topological polar surface area (TPSA) is 0 Å². The maximum atomic E-state index is 2.31. The van der Waals surface area contributed by atoms with Crippen LogP contribution in [0.3, 0.4) is 0 Å². The van der Waals surface area contributed by atoms with E-state index in [4.69, 9.17) is 0 Å². The maximum Gasteiger partial charge on any atom is -0.0348 e. The number of unbranched alkanes of at least 4 members (excludes halogenated alkanes) is 3. The Morgan fingerprint density at radius 1 is 1.25 bits per heavy atom. The van der Waals surface area contributed by atoms with Gasteiger partial charge in [-0.05, 0) is 26.2 Å². The Morgan fingerprint density at radius 3 is 2.50 bits per heavy atom. The molecule has 0 nitrogen and oxygen atoms in total. The van der Waals surface area contributed by atoms with E-state index in [0.29, 0.717) is 0 Å². The molecule has 1 radical (unpaired) electrons. The standard InChI is InChI=1S/C8H15/c1-3-5-7-8-6-4-2/h3,5-6H,4,7-8H2,1-2H3. The summed E-state index contributed by atoms with van der Waals surface area (Å²) in [6.07, 6.45) is 10.3. The first kappa shape index (κ1) is 7.74. The molecule has 0 heteroatoms. The minimum Gasteiger partial charge on any atom is -0.0917 e. The quantitative estimate of drug-likeness (QED) is 0.386. The van der Waals surface area contributed by atoms with Crippen LogP contribution in [-0.4, -0.2) is 0 Å². The van der Waals surface area contributed by atoms with Gasteiger partial charge in [-0.25, -0.2) is 0 Å². The molecule has 0 bridgehead atoms. The van der Waals surface area contributed by atoms with Crippen LogP contribution in [0.15, 0.2) is 12.2 Å². The second-order valence-electron chi connectivity index (χ2n) is 1.84. The van der Waals surface area contributed by atoms with Gasteiger partial charge in [0.15, 0.2) is 0 Å². The van der Waals surface area contributed by atoms with Gasteiger partial charge in [-0.15, -0.1) is 0 Å². The van der Waals surface area contributed by atoms with Gasteiger partial charge in [-0.3, -0.25) is 0 Å². The second-order valence-corrected chi connectivity index (χ2v) is 1.84. The van der Waals surface area contributed by atoms with Gasteiger partial charge < -0.3 is 0 Å². The van der Waals surface area contributed by atoms with Gasteiger partial charge in [0.1, 0.15) is 0 Å². The van der Waals surface area contributed by atoms with Gasteiger partial charge in [0.05, 0.1) is 0 Å². The van der Waals surface area contributed by atoms with Gasteiger partial charge in [0.25, 0.3) is 0 Å². The summed E-state index contributed by atoms with van der Waals surface area (Å²) in [6, 6.07) is 0. The van der Waals surface area contributed by atoms with Crippen molar-refractivity contribution in [2.75, 3.05) is 0 Å². The van der Waals surface area contributed by atoms with Crippen LogP contribution in [0, 0.1) is 6.42 Å². The highest BCUT2D eigenvalue weighted by Crippen LogP contribution is 1.97. The highest BCUT2D eigenvalue weighted by atomic mass is 13.8. The van der Waals surface area contributed by atoms with Crippen molar-refractivity contribution >= 4 is 0 Å². The summed E-state index contributed by atoms with van der Waals surface area (Å²) in [7, 11) is 0. The van der Waals surface area contributed by atoms with Crippen molar-refractivity contribution in [3.05, 3.63) is 18.6 Å².